The number of aromatic nitrogens is 1. The van der Waals surface area contributed by atoms with Gasteiger partial charge in [-0.3, -0.25) is 4.99 Å². The smallest absolute Gasteiger partial charge is 0.161 e. The van der Waals surface area contributed by atoms with Crippen LogP contribution in [0.3, 0.4) is 0 Å². The quantitative estimate of drug-likeness (QED) is 0.326. The molecule has 4 nitrogen and oxygen atoms in total. The second kappa shape index (κ2) is 5.29. The van der Waals surface area contributed by atoms with E-state index in [2.05, 4.69) is 15.4 Å². The number of amidine groups is 1. The molecule has 0 fully saturated rings. The molecular formula is C9H13FN4. The molecule has 0 unspecified atom stereocenters. The Kier molecular flexibility index (Phi) is 4.00. The molecule has 0 bridgehead atoms. The summed E-state index contributed by atoms with van der Waals surface area (Å²) in [6, 6.07) is 2.85. The largest absolute Gasteiger partial charge is 0.307 e. The molecule has 5 heteroatoms. The Morgan fingerprint density at radius 1 is 1.64 bits per heavy atom. The fourth-order valence-corrected chi connectivity index (χ4v) is 0.940. The predicted octanol–water partition coefficient (Wildman–Crippen LogP) is 0.841. The van der Waals surface area contributed by atoms with Crippen LogP contribution in [0.25, 0.3) is 0 Å². The van der Waals surface area contributed by atoms with E-state index in [0.717, 1.165) is 12.6 Å². The Labute approximate surface area is 82.0 Å². The van der Waals surface area contributed by atoms with Crippen LogP contribution in [0.2, 0.25) is 0 Å². The number of nitrogens with two attached hydrogens (primary N) is 1. The van der Waals surface area contributed by atoms with Crippen LogP contribution in [0.4, 0.5) is 4.39 Å². The third-order valence-electron chi connectivity index (χ3n) is 1.60. The minimum absolute atomic E-state index is 0.374. The summed E-state index contributed by atoms with van der Waals surface area (Å²) in [6.45, 7) is 2.67. The lowest BCUT2D eigenvalue weighted by molar-refractivity contribution is 0.621. The number of pyridine rings is 1. The Bertz CT molecular complexity index is 307. The van der Waals surface area contributed by atoms with Gasteiger partial charge in [0.2, 0.25) is 0 Å². The van der Waals surface area contributed by atoms with Crippen molar-refractivity contribution in [1.82, 2.24) is 10.4 Å². The van der Waals surface area contributed by atoms with Gasteiger partial charge in [-0.25, -0.2) is 15.2 Å². The Morgan fingerprint density at radius 3 is 2.93 bits per heavy atom. The number of halogens is 1. The molecule has 0 amide bonds. The zero-order valence-electron chi connectivity index (χ0n) is 8.00. The van der Waals surface area contributed by atoms with Gasteiger partial charge in [0.05, 0.1) is 6.20 Å². The van der Waals surface area contributed by atoms with E-state index in [4.69, 9.17) is 5.84 Å². The number of hydrogen-bond donors (Lipinski definition) is 2. The van der Waals surface area contributed by atoms with E-state index in [9.17, 15) is 4.39 Å². The minimum Gasteiger partial charge on any atom is -0.307 e. The number of hydrazine groups is 1. The normalized spacial score (nSPS) is 11.5. The molecule has 0 aromatic carbocycles. The van der Waals surface area contributed by atoms with Crippen molar-refractivity contribution in [2.24, 2.45) is 10.8 Å². The van der Waals surface area contributed by atoms with Crippen LogP contribution in [0.1, 0.15) is 19.0 Å². The average Bonchev–Trinajstić information content (AvgIpc) is 2.21. The number of nitrogens with one attached hydrogen (secondary N) is 1. The lowest BCUT2D eigenvalue weighted by Gasteiger charge is -2.03. The topological polar surface area (TPSA) is 63.3 Å². The number of rotatable bonds is 3. The summed E-state index contributed by atoms with van der Waals surface area (Å²) in [6.07, 6.45) is 2.06. The zero-order valence-corrected chi connectivity index (χ0v) is 8.00. The fourth-order valence-electron chi connectivity index (χ4n) is 0.940. The molecule has 1 aromatic heterocycles. The maximum absolute atomic E-state index is 12.6. The Morgan fingerprint density at radius 2 is 2.43 bits per heavy atom. The van der Waals surface area contributed by atoms with E-state index in [1.807, 2.05) is 6.92 Å². The van der Waals surface area contributed by atoms with Gasteiger partial charge in [0, 0.05) is 6.54 Å². The lowest BCUT2D eigenvalue weighted by Crippen LogP contribution is -2.32. The molecule has 0 aliphatic rings. The standard InChI is InChI=1S/C9H13FN4/c1-2-5-12-9(14-11)8-4-3-7(10)6-13-8/h3-4,6H,2,5,11H2,1H3,(H,12,14). The first kappa shape index (κ1) is 10.6. The molecule has 0 spiro atoms. The van der Waals surface area contributed by atoms with Crippen molar-refractivity contribution in [3.63, 3.8) is 0 Å². The van der Waals surface area contributed by atoms with Gasteiger partial charge in [0.15, 0.2) is 5.84 Å². The second-order valence-electron chi connectivity index (χ2n) is 2.74. The van der Waals surface area contributed by atoms with Crippen LogP contribution in [0.15, 0.2) is 23.3 Å². The first-order chi connectivity index (χ1) is 6.77. The van der Waals surface area contributed by atoms with Crippen LogP contribution in [0.5, 0.6) is 0 Å². The molecule has 76 valence electrons. The minimum atomic E-state index is -0.374. The molecule has 14 heavy (non-hydrogen) atoms. The SMILES string of the molecule is CCCN=C(NN)c1ccc(F)cn1. The van der Waals surface area contributed by atoms with E-state index in [1.165, 1.54) is 12.1 Å². The van der Waals surface area contributed by atoms with E-state index in [-0.39, 0.29) is 5.82 Å². The van der Waals surface area contributed by atoms with Crippen LogP contribution < -0.4 is 11.3 Å². The molecule has 0 aliphatic heterocycles. The van der Waals surface area contributed by atoms with Gasteiger partial charge in [-0.05, 0) is 18.6 Å². The van der Waals surface area contributed by atoms with Crippen molar-refractivity contribution in [2.45, 2.75) is 13.3 Å². The number of aliphatic imine (C=N–C) groups is 1. The van der Waals surface area contributed by atoms with E-state index in [1.54, 1.807) is 0 Å². The summed E-state index contributed by atoms with van der Waals surface area (Å²) in [5.74, 6) is 5.37. The highest BCUT2D eigenvalue weighted by atomic mass is 19.1. The summed E-state index contributed by atoms with van der Waals surface area (Å²) >= 11 is 0. The number of nitrogens with zero attached hydrogens (tertiary/aromatic N) is 2. The first-order valence-electron chi connectivity index (χ1n) is 4.41. The summed E-state index contributed by atoms with van der Waals surface area (Å²) < 4.78 is 12.6. The highest BCUT2D eigenvalue weighted by Gasteiger charge is 2.02. The molecule has 1 rings (SSSR count). The molecule has 1 aromatic rings. The monoisotopic (exact) mass is 196 g/mol. The van der Waals surface area contributed by atoms with E-state index >= 15 is 0 Å². The molecular weight excluding hydrogens is 183 g/mol. The van der Waals surface area contributed by atoms with Crippen molar-refractivity contribution in [3.05, 3.63) is 29.8 Å². The number of hydrogen-bond acceptors (Lipinski definition) is 3. The Hall–Kier alpha value is -1.49. The molecule has 0 radical (unpaired) electrons. The molecule has 3 N–H and O–H groups in total. The van der Waals surface area contributed by atoms with Gasteiger partial charge in [0.1, 0.15) is 11.5 Å². The maximum Gasteiger partial charge on any atom is 0.161 e. The molecule has 1 heterocycles. The molecule has 0 atom stereocenters. The summed E-state index contributed by atoms with van der Waals surface area (Å²) in [5, 5.41) is 0. The maximum atomic E-state index is 12.6. The summed E-state index contributed by atoms with van der Waals surface area (Å²) in [5.41, 5.74) is 2.98. The predicted molar refractivity (Wildman–Crippen MR) is 53.2 cm³/mol. The molecule has 0 saturated carbocycles. The van der Waals surface area contributed by atoms with Crippen LogP contribution in [-0.2, 0) is 0 Å². The summed E-state index contributed by atoms with van der Waals surface area (Å²) in [7, 11) is 0. The second-order valence-corrected chi connectivity index (χ2v) is 2.74. The molecule has 0 saturated heterocycles. The third kappa shape index (κ3) is 2.77. The van der Waals surface area contributed by atoms with Crippen molar-refractivity contribution in [3.8, 4) is 0 Å². The highest BCUT2D eigenvalue weighted by Crippen LogP contribution is 1.98. The van der Waals surface area contributed by atoms with Crippen molar-refractivity contribution in [1.29, 1.82) is 0 Å². The average molecular weight is 196 g/mol. The van der Waals surface area contributed by atoms with Crippen molar-refractivity contribution >= 4 is 5.84 Å². The van der Waals surface area contributed by atoms with Gasteiger partial charge in [-0.15, -0.1) is 0 Å². The van der Waals surface area contributed by atoms with Crippen LogP contribution in [0, 0.1) is 5.82 Å². The first-order valence-corrected chi connectivity index (χ1v) is 4.41. The van der Waals surface area contributed by atoms with Gasteiger partial charge in [0.25, 0.3) is 0 Å². The van der Waals surface area contributed by atoms with E-state index < -0.39 is 0 Å². The van der Waals surface area contributed by atoms with Crippen LogP contribution in [-0.4, -0.2) is 17.4 Å². The Balaban J connectivity index is 2.84. The zero-order chi connectivity index (χ0) is 10.4. The van der Waals surface area contributed by atoms with Gasteiger partial charge in [-0.1, -0.05) is 6.92 Å². The van der Waals surface area contributed by atoms with Crippen LogP contribution >= 0.6 is 0 Å². The van der Waals surface area contributed by atoms with Crippen molar-refractivity contribution in [2.75, 3.05) is 6.54 Å². The van der Waals surface area contributed by atoms with Gasteiger partial charge >= 0.3 is 0 Å². The summed E-state index contributed by atoms with van der Waals surface area (Å²) in [4.78, 5) is 8.01. The van der Waals surface area contributed by atoms with Gasteiger partial charge < -0.3 is 5.43 Å². The third-order valence-corrected chi connectivity index (χ3v) is 1.60. The van der Waals surface area contributed by atoms with E-state index in [0.29, 0.717) is 18.1 Å². The fraction of sp³-hybridized carbons (Fsp3) is 0.333. The van der Waals surface area contributed by atoms with Crippen molar-refractivity contribution < 1.29 is 4.39 Å². The molecule has 0 aliphatic carbocycles. The van der Waals surface area contributed by atoms with Gasteiger partial charge in [-0.2, -0.15) is 0 Å². The lowest BCUT2D eigenvalue weighted by atomic mass is 10.3. The highest BCUT2D eigenvalue weighted by molar-refractivity contribution is 5.96.